The summed E-state index contributed by atoms with van der Waals surface area (Å²) in [5, 5.41) is 4.46. The molecule has 0 saturated carbocycles. The van der Waals surface area contributed by atoms with Crippen molar-refractivity contribution in [2.24, 2.45) is 0 Å². The summed E-state index contributed by atoms with van der Waals surface area (Å²) in [5.41, 5.74) is 2.37. The molecule has 26 heavy (non-hydrogen) atoms. The molecule has 1 aromatic carbocycles. The maximum atomic E-state index is 12.1. The molecule has 0 unspecified atom stereocenters. The fourth-order valence-electron chi connectivity index (χ4n) is 2.16. The molecule has 1 heterocycles. The summed E-state index contributed by atoms with van der Waals surface area (Å²) in [6.07, 6.45) is 0. The van der Waals surface area contributed by atoms with Gasteiger partial charge < -0.3 is 10.1 Å². The number of benzene rings is 1. The largest absolute Gasteiger partial charge is 0.452 e. The number of halogens is 1. The third-order valence-corrected chi connectivity index (χ3v) is 3.84. The van der Waals surface area contributed by atoms with E-state index in [1.807, 2.05) is 24.3 Å². The van der Waals surface area contributed by atoms with Crippen LogP contribution in [-0.4, -0.2) is 36.0 Å². The first-order valence-corrected chi connectivity index (χ1v) is 8.68. The second-order valence-electron chi connectivity index (χ2n) is 5.32. The fraction of sp³-hybridized carbons (Fsp3) is 0.222. The molecule has 7 nitrogen and oxygen atoms in total. The predicted octanol–water partition coefficient (Wildman–Crippen LogP) is 2.82. The fourth-order valence-corrected chi connectivity index (χ4v) is 2.56. The van der Waals surface area contributed by atoms with Crippen LogP contribution in [0.1, 0.15) is 23.0 Å². The highest BCUT2D eigenvalue weighted by Gasteiger charge is 2.15. The molecular weight excluding hydrogens is 402 g/mol. The van der Waals surface area contributed by atoms with Crippen LogP contribution in [0.3, 0.4) is 0 Å². The topological polar surface area (TPSA) is 97.4 Å². The van der Waals surface area contributed by atoms with E-state index in [2.05, 4.69) is 31.5 Å². The molecule has 0 radical (unpaired) electrons. The molecule has 2 aromatic rings. The van der Waals surface area contributed by atoms with Gasteiger partial charge >= 0.3 is 12.0 Å². The van der Waals surface area contributed by atoms with Gasteiger partial charge in [0.05, 0.1) is 17.0 Å². The van der Waals surface area contributed by atoms with E-state index in [-0.39, 0.29) is 5.56 Å². The summed E-state index contributed by atoms with van der Waals surface area (Å²) in [6, 6.07) is 10.3. The van der Waals surface area contributed by atoms with E-state index < -0.39 is 24.5 Å². The van der Waals surface area contributed by atoms with Crippen molar-refractivity contribution < 1.29 is 19.1 Å². The lowest BCUT2D eigenvalue weighted by atomic mass is 10.1. The lowest BCUT2D eigenvalue weighted by Crippen LogP contribution is -2.41. The number of hydrogen-bond acceptors (Lipinski definition) is 5. The highest BCUT2D eigenvalue weighted by molar-refractivity contribution is 9.10. The van der Waals surface area contributed by atoms with Gasteiger partial charge in [-0.3, -0.25) is 15.1 Å². The van der Waals surface area contributed by atoms with Gasteiger partial charge in [0.15, 0.2) is 6.61 Å². The van der Waals surface area contributed by atoms with Crippen molar-refractivity contribution in [3.05, 3.63) is 52.1 Å². The Hall–Kier alpha value is -2.74. The van der Waals surface area contributed by atoms with Gasteiger partial charge in [0.25, 0.3) is 5.91 Å². The van der Waals surface area contributed by atoms with Crippen molar-refractivity contribution in [2.75, 3.05) is 13.2 Å². The third kappa shape index (κ3) is 5.38. The Balaban J connectivity index is 2.01. The molecule has 0 saturated heterocycles. The zero-order valence-electron chi connectivity index (χ0n) is 14.3. The quantitative estimate of drug-likeness (QED) is 0.726. The molecule has 2 N–H and O–H groups in total. The lowest BCUT2D eigenvalue weighted by Gasteiger charge is -2.09. The minimum absolute atomic E-state index is 0.259. The molecule has 136 valence electrons. The molecular formula is C18H18BrN3O4. The number of carbonyl (C=O) groups excluding carboxylic acids is 3. The average Bonchev–Trinajstić information content (AvgIpc) is 2.59. The maximum absolute atomic E-state index is 12.1. The highest BCUT2D eigenvalue weighted by atomic mass is 79.9. The van der Waals surface area contributed by atoms with Crippen LogP contribution in [0.25, 0.3) is 11.3 Å². The molecule has 0 aliphatic rings. The molecule has 0 fully saturated rings. The number of rotatable bonds is 5. The molecule has 1 aromatic heterocycles. The number of aromatic nitrogens is 1. The number of nitrogens with one attached hydrogen (secondary N) is 2. The van der Waals surface area contributed by atoms with Crippen LogP contribution in [0.15, 0.2) is 40.9 Å². The van der Waals surface area contributed by atoms with Crippen LogP contribution in [0.5, 0.6) is 0 Å². The monoisotopic (exact) mass is 419 g/mol. The molecule has 3 amide bonds. The Morgan fingerprint density at radius 2 is 1.96 bits per heavy atom. The van der Waals surface area contributed by atoms with Crippen LogP contribution in [-0.2, 0) is 9.53 Å². The van der Waals surface area contributed by atoms with E-state index in [1.165, 1.54) is 0 Å². The number of nitrogens with zero attached hydrogens (tertiary/aromatic N) is 1. The van der Waals surface area contributed by atoms with Crippen LogP contribution < -0.4 is 10.6 Å². The summed E-state index contributed by atoms with van der Waals surface area (Å²) < 4.78 is 5.86. The van der Waals surface area contributed by atoms with Crippen LogP contribution in [0, 0.1) is 6.92 Å². The van der Waals surface area contributed by atoms with E-state index in [1.54, 1.807) is 26.0 Å². The first kappa shape index (κ1) is 19.6. The lowest BCUT2D eigenvalue weighted by molar-refractivity contribution is -0.123. The van der Waals surface area contributed by atoms with Gasteiger partial charge in [-0.25, -0.2) is 9.59 Å². The minimum atomic E-state index is -0.708. The predicted molar refractivity (Wildman–Crippen MR) is 99.6 cm³/mol. The Bertz CT molecular complexity index is 839. The zero-order valence-corrected chi connectivity index (χ0v) is 15.9. The Morgan fingerprint density at radius 1 is 1.19 bits per heavy atom. The Morgan fingerprint density at radius 3 is 2.62 bits per heavy atom. The number of ether oxygens (including phenoxy) is 1. The average molecular weight is 420 g/mol. The number of imide groups is 1. The number of carbonyl (C=O) groups is 3. The standard InChI is InChI=1S/C18H18BrN3O4/c1-3-20-18(25)22-16(23)10-26-17(24)14-7-8-15(21-11(14)2)12-5-4-6-13(19)9-12/h4-9H,3,10H2,1-2H3,(H2,20,22,23,25). The number of aryl methyl sites for hydroxylation is 1. The van der Waals surface area contributed by atoms with Crippen molar-refractivity contribution in [1.29, 1.82) is 0 Å². The maximum Gasteiger partial charge on any atom is 0.340 e. The van der Waals surface area contributed by atoms with Crippen LogP contribution in [0.2, 0.25) is 0 Å². The molecule has 0 spiro atoms. The molecule has 0 bridgehead atoms. The summed E-state index contributed by atoms with van der Waals surface area (Å²) >= 11 is 3.41. The third-order valence-electron chi connectivity index (χ3n) is 3.35. The molecule has 2 rings (SSSR count). The molecule has 0 aliphatic carbocycles. The van der Waals surface area contributed by atoms with Crippen molar-refractivity contribution in [2.45, 2.75) is 13.8 Å². The highest BCUT2D eigenvalue weighted by Crippen LogP contribution is 2.22. The van der Waals surface area contributed by atoms with Crippen molar-refractivity contribution in [3.63, 3.8) is 0 Å². The summed E-state index contributed by atoms with van der Waals surface area (Å²) in [6.45, 7) is 3.24. The number of hydrogen-bond donors (Lipinski definition) is 2. The van der Waals surface area contributed by atoms with E-state index in [0.29, 0.717) is 17.9 Å². The van der Waals surface area contributed by atoms with Gasteiger partial charge in [-0.2, -0.15) is 0 Å². The molecule has 0 aliphatic heterocycles. The van der Waals surface area contributed by atoms with E-state index in [9.17, 15) is 14.4 Å². The van der Waals surface area contributed by atoms with Gasteiger partial charge in [-0.05, 0) is 38.1 Å². The second-order valence-corrected chi connectivity index (χ2v) is 6.24. The summed E-state index contributed by atoms with van der Waals surface area (Å²) in [7, 11) is 0. The van der Waals surface area contributed by atoms with Crippen molar-refractivity contribution in [1.82, 2.24) is 15.6 Å². The van der Waals surface area contributed by atoms with Crippen molar-refractivity contribution >= 4 is 33.8 Å². The SMILES string of the molecule is CCNC(=O)NC(=O)COC(=O)c1ccc(-c2cccc(Br)c2)nc1C. The second kappa shape index (κ2) is 9.10. The molecule has 8 heteroatoms. The van der Waals surface area contributed by atoms with Crippen LogP contribution >= 0.6 is 15.9 Å². The Kier molecular flexibility index (Phi) is 6.85. The first-order chi connectivity index (χ1) is 12.4. The number of pyridine rings is 1. The van der Waals surface area contributed by atoms with E-state index in [4.69, 9.17) is 4.74 Å². The van der Waals surface area contributed by atoms with E-state index >= 15 is 0 Å². The van der Waals surface area contributed by atoms with Gasteiger partial charge in [-0.1, -0.05) is 28.1 Å². The van der Waals surface area contributed by atoms with Crippen LogP contribution in [0.4, 0.5) is 4.79 Å². The minimum Gasteiger partial charge on any atom is -0.452 e. The first-order valence-electron chi connectivity index (χ1n) is 7.89. The zero-order chi connectivity index (χ0) is 19.1. The normalized spacial score (nSPS) is 10.1. The van der Waals surface area contributed by atoms with Gasteiger partial charge in [0.2, 0.25) is 0 Å². The number of urea groups is 1. The number of amides is 3. The molecule has 0 atom stereocenters. The van der Waals surface area contributed by atoms with Gasteiger partial charge in [-0.15, -0.1) is 0 Å². The number of esters is 1. The Labute approximate surface area is 159 Å². The summed E-state index contributed by atoms with van der Waals surface area (Å²) in [5.74, 6) is -1.39. The van der Waals surface area contributed by atoms with Gasteiger partial charge in [0, 0.05) is 16.6 Å². The smallest absolute Gasteiger partial charge is 0.340 e. The summed E-state index contributed by atoms with van der Waals surface area (Å²) in [4.78, 5) is 39.3. The van der Waals surface area contributed by atoms with Crippen molar-refractivity contribution in [3.8, 4) is 11.3 Å². The van der Waals surface area contributed by atoms with E-state index in [0.717, 1.165) is 10.0 Å². The van der Waals surface area contributed by atoms with Gasteiger partial charge in [0.1, 0.15) is 0 Å².